The number of benzene rings is 1. The van der Waals surface area contributed by atoms with Crippen molar-refractivity contribution in [3.05, 3.63) is 34.4 Å². The molecule has 10 heteroatoms. The van der Waals surface area contributed by atoms with Crippen molar-refractivity contribution in [1.82, 2.24) is 9.80 Å². The number of rotatable bonds is 32. The summed E-state index contributed by atoms with van der Waals surface area (Å²) in [5.74, 6) is -0.985. The molecule has 0 radical (unpaired) electrons. The Labute approximate surface area is 352 Å². The lowest BCUT2D eigenvalue weighted by Gasteiger charge is -2.28. The standard InChI is InChI=1S/C48H82N4O6/c1-11-19-23-25-29-37(43(45(49)53)47(55)51(17-7)33-35(15-5)27-21-13-3)39-31-42(58-10)40(32-41(39)57-9)38(30-26-24-20-12-2)44(46(50)54)48(56)52(18-8)34-36(16-6)28-22-14-4/h31-32,35-36H,11-30,33-34H2,1-10H3,(H2,49,53)(H2,50,54). The van der Waals surface area contributed by atoms with Gasteiger partial charge in [-0.25, -0.2) is 0 Å². The molecule has 4 amide bonds. The molecule has 0 fully saturated rings. The Bertz CT molecular complexity index is 1370. The molecule has 4 N–H and O–H groups in total. The number of ether oxygens (including phenoxy) is 2. The fourth-order valence-corrected chi connectivity index (χ4v) is 7.87. The summed E-state index contributed by atoms with van der Waals surface area (Å²) in [6, 6.07) is 3.55. The molecule has 10 nitrogen and oxygen atoms in total. The Kier molecular flexibility index (Phi) is 26.5. The Hall–Kier alpha value is -3.82. The van der Waals surface area contributed by atoms with Gasteiger partial charge in [0.2, 0.25) is 0 Å². The Balaban J connectivity index is 4.28. The average molecular weight is 811 g/mol. The highest BCUT2D eigenvalue weighted by molar-refractivity contribution is 6.24. The van der Waals surface area contributed by atoms with E-state index in [0.717, 1.165) is 103 Å². The second kappa shape index (κ2) is 29.4. The third-order valence-electron chi connectivity index (χ3n) is 11.6. The van der Waals surface area contributed by atoms with E-state index in [1.165, 1.54) is 14.2 Å². The first-order valence-corrected chi connectivity index (χ1v) is 22.8. The van der Waals surface area contributed by atoms with Crippen molar-refractivity contribution in [2.24, 2.45) is 23.3 Å². The third kappa shape index (κ3) is 16.1. The van der Waals surface area contributed by atoms with Crippen LogP contribution in [0.25, 0.3) is 11.1 Å². The molecule has 2 atom stereocenters. The fraction of sp³-hybridized carbons (Fsp3) is 0.708. The van der Waals surface area contributed by atoms with Gasteiger partial charge in [-0.1, -0.05) is 119 Å². The van der Waals surface area contributed by atoms with Crippen LogP contribution >= 0.6 is 0 Å². The van der Waals surface area contributed by atoms with Crippen molar-refractivity contribution in [2.75, 3.05) is 40.4 Å². The Morgan fingerprint density at radius 2 is 0.879 bits per heavy atom. The lowest BCUT2D eigenvalue weighted by Crippen LogP contribution is -2.39. The smallest absolute Gasteiger partial charge is 0.259 e. The van der Waals surface area contributed by atoms with E-state index in [0.29, 0.717) is 84.6 Å². The molecule has 1 aromatic rings. The van der Waals surface area contributed by atoms with E-state index in [-0.39, 0.29) is 23.0 Å². The molecule has 0 aliphatic rings. The van der Waals surface area contributed by atoms with Gasteiger partial charge in [-0.15, -0.1) is 0 Å². The van der Waals surface area contributed by atoms with Gasteiger partial charge in [0.1, 0.15) is 22.6 Å². The zero-order valence-electron chi connectivity index (χ0n) is 38.4. The van der Waals surface area contributed by atoms with Gasteiger partial charge in [0, 0.05) is 37.3 Å². The van der Waals surface area contributed by atoms with Crippen molar-refractivity contribution in [3.8, 4) is 11.5 Å². The van der Waals surface area contributed by atoms with E-state index in [1.54, 1.807) is 21.9 Å². The number of nitrogens with two attached hydrogens (primary N) is 2. The van der Waals surface area contributed by atoms with Gasteiger partial charge in [0.15, 0.2) is 0 Å². The highest BCUT2D eigenvalue weighted by Crippen LogP contribution is 2.42. The maximum atomic E-state index is 14.5. The lowest BCUT2D eigenvalue weighted by atomic mass is 9.87. The second-order valence-corrected chi connectivity index (χ2v) is 15.8. The maximum Gasteiger partial charge on any atom is 0.259 e. The van der Waals surface area contributed by atoms with Crippen LogP contribution < -0.4 is 20.9 Å². The number of unbranched alkanes of at least 4 members (excludes halogenated alkanes) is 8. The lowest BCUT2D eigenvalue weighted by molar-refractivity contribution is -0.131. The number of methoxy groups -OCH3 is 2. The van der Waals surface area contributed by atoms with Gasteiger partial charge in [0.05, 0.1) is 14.2 Å². The van der Waals surface area contributed by atoms with Gasteiger partial charge in [-0.05, 0) is 87.5 Å². The minimum Gasteiger partial charge on any atom is -0.496 e. The summed E-state index contributed by atoms with van der Waals surface area (Å²) in [4.78, 5) is 59.6. The van der Waals surface area contributed by atoms with Gasteiger partial charge < -0.3 is 30.7 Å². The number of allylic oxidation sites excluding steroid dienone is 2. The number of likely N-dealkylation sites (N-methyl/N-ethyl adjacent to an activating group) is 2. The number of nitrogens with zero attached hydrogens (tertiary/aromatic N) is 2. The monoisotopic (exact) mass is 811 g/mol. The van der Waals surface area contributed by atoms with Crippen molar-refractivity contribution in [1.29, 1.82) is 0 Å². The summed E-state index contributed by atoms with van der Waals surface area (Å²) < 4.78 is 12.2. The quantitative estimate of drug-likeness (QED) is 0.0321. The summed E-state index contributed by atoms with van der Waals surface area (Å²) in [5.41, 5.74) is 14.3. The van der Waals surface area contributed by atoms with Crippen LogP contribution in [0.5, 0.6) is 11.5 Å². The van der Waals surface area contributed by atoms with Gasteiger partial charge in [-0.2, -0.15) is 0 Å². The van der Waals surface area contributed by atoms with Crippen molar-refractivity contribution in [3.63, 3.8) is 0 Å². The molecule has 0 aliphatic heterocycles. The highest BCUT2D eigenvalue weighted by atomic mass is 16.5. The molecule has 58 heavy (non-hydrogen) atoms. The SMILES string of the molecule is CCCCCCC(=C(C(N)=O)C(=O)N(CC)CC(CC)CCCC)c1cc(OC)c(C(CCCCCC)=C(C(N)=O)C(=O)N(CC)CC(CC)CCCC)cc1OC. The number of carbonyl (C=O) groups excluding carboxylic acids is 4. The zero-order valence-corrected chi connectivity index (χ0v) is 38.4. The van der Waals surface area contributed by atoms with Crippen LogP contribution in [0, 0.1) is 11.8 Å². The Morgan fingerprint density at radius 1 is 0.534 bits per heavy atom. The second-order valence-electron chi connectivity index (χ2n) is 15.8. The van der Waals surface area contributed by atoms with E-state index in [2.05, 4.69) is 41.5 Å². The molecule has 0 saturated heterocycles. The van der Waals surface area contributed by atoms with Gasteiger partial charge in [-0.3, -0.25) is 19.2 Å². The molecule has 0 heterocycles. The van der Waals surface area contributed by atoms with Crippen molar-refractivity contribution >= 4 is 34.8 Å². The summed E-state index contributed by atoms with van der Waals surface area (Å²) >= 11 is 0. The summed E-state index contributed by atoms with van der Waals surface area (Å²) in [5, 5.41) is 0. The van der Waals surface area contributed by atoms with E-state index in [4.69, 9.17) is 20.9 Å². The zero-order chi connectivity index (χ0) is 43.6. The highest BCUT2D eigenvalue weighted by Gasteiger charge is 2.32. The number of hydrogen-bond acceptors (Lipinski definition) is 6. The van der Waals surface area contributed by atoms with Gasteiger partial charge >= 0.3 is 0 Å². The minimum atomic E-state index is -0.789. The first-order valence-electron chi connectivity index (χ1n) is 22.8. The first kappa shape index (κ1) is 52.2. The molecule has 0 spiro atoms. The summed E-state index contributed by atoms with van der Waals surface area (Å²) in [6.45, 7) is 18.7. The van der Waals surface area contributed by atoms with E-state index in [9.17, 15) is 19.2 Å². The first-order chi connectivity index (χ1) is 27.9. The average Bonchev–Trinajstić information content (AvgIpc) is 3.22. The van der Waals surface area contributed by atoms with E-state index < -0.39 is 11.8 Å². The van der Waals surface area contributed by atoms with E-state index >= 15 is 0 Å². The third-order valence-corrected chi connectivity index (χ3v) is 11.6. The minimum absolute atomic E-state index is 0.0488. The van der Waals surface area contributed by atoms with Crippen LogP contribution in [0.4, 0.5) is 0 Å². The van der Waals surface area contributed by atoms with Crippen LogP contribution in [0.1, 0.15) is 182 Å². The molecule has 330 valence electrons. The summed E-state index contributed by atoms with van der Waals surface area (Å²) in [6.07, 6.45) is 16.3. The maximum absolute atomic E-state index is 14.5. The predicted molar refractivity (Wildman–Crippen MR) is 240 cm³/mol. The molecule has 2 unspecified atom stereocenters. The number of hydrogen-bond donors (Lipinski definition) is 2. The predicted octanol–water partition coefficient (Wildman–Crippen LogP) is 10.3. The topological polar surface area (TPSA) is 145 Å². The van der Waals surface area contributed by atoms with Gasteiger partial charge in [0.25, 0.3) is 23.6 Å². The molecular weight excluding hydrogens is 729 g/mol. The van der Waals surface area contributed by atoms with Crippen LogP contribution in [-0.2, 0) is 19.2 Å². The molecule has 0 saturated carbocycles. The normalized spacial score (nSPS) is 13.3. The number of primary amides is 2. The largest absolute Gasteiger partial charge is 0.496 e. The number of carbonyl (C=O) groups is 4. The molecule has 0 aliphatic carbocycles. The Morgan fingerprint density at radius 3 is 1.14 bits per heavy atom. The van der Waals surface area contributed by atoms with Crippen LogP contribution in [0.2, 0.25) is 0 Å². The van der Waals surface area contributed by atoms with Crippen LogP contribution in [-0.4, -0.2) is 73.8 Å². The molecule has 1 aromatic carbocycles. The number of amides is 4. The molecular formula is C48H82N4O6. The molecule has 1 rings (SSSR count). The van der Waals surface area contributed by atoms with Crippen LogP contribution in [0.3, 0.4) is 0 Å². The van der Waals surface area contributed by atoms with E-state index in [1.807, 2.05) is 13.8 Å². The van der Waals surface area contributed by atoms with Crippen molar-refractivity contribution < 1.29 is 28.7 Å². The molecule has 0 bridgehead atoms. The molecule has 0 aromatic heterocycles. The fourth-order valence-electron chi connectivity index (χ4n) is 7.87. The van der Waals surface area contributed by atoms with Crippen molar-refractivity contribution in [2.45, 2.75) is 171 Å². The summed E-state index contributed by atoms with van der Waals surface area (Å²) in [7, 11) is 3.08. The van der Waals surface area contributed by atoms with Crippen LogP contribution in [0.15, 0.2) is 23.3 Å².